The standard InChI is InChI=1S/C26H27NO6/c1-4-31-25(29)20-15(3)27-18-14-17(19-12-9-13-33-19)22(26(30)32-5-2)24(28)23(18)21(20)16-10-7-6-8-11-16/h6-13,17,21-22,27H,4-5,14H2,1-3H3/t17-,21+,22+/m0/s1. The first kappa shape index (κ1) is 22.6. The number of ether oxygens (including phenoxy) is 2. The van der Waals surface area contributed by atoms with Crippen LogP contribution in [0.4, 0.5) is 0 Å². The fraction of sp³-hybridized carbons (Fsp3) is 0.346. The number of rotatable bonds is 6. The van der Waals surface area contributed by atoms with Gasteiger partial charge in [0.25, 0.3) is 0 Å². The highest BCUT2D eigenvalue weighted by molar-refractivity contribution is 6.13. The molecule has 2 aromatic rings. The third kappa shape index (κ3) is 4.11. The average molecular weight is 450 g/mol. The maximum absolute atomic E-state index is 14.0. The predicted molar refractivity (Wildman–Crippen MR) is 120 cm³/mol. The number of esters is 2. The lowest BCUT2D eigenvalue weighted by atomic mass is 9.68. The number of hydrogen-bond donors (Lipinski definition) is 1. The predicted octanol–water partition coefficient (Wildman–Crippen LogP) is 3.99. The number of hydrogen-bond acceptors (Lipinski definition) is 7. The highest BCUT2D eigenvalue weighted by Gasteiger charge is 2.49. The van der Waals surface area contributed by atoms with Crippen LogP contribution in [-0.2, 0) is 23.9 Å². The van der Waals surface area contributed by atoms with Crippen LogP contribution in [0.5, 0.6) is 0 Å². The summed E-state index contributed by atoms with van der Waals surface area (Å²) in [5, 5.41) is 3.27. The Balaban J connectivity index is 1.87. The van der Waals surface area contributed by atoms with E-state index in [9.17, 15) is 14.4 Å². The summed E-state index contributed by atoms with van der Waals surface area (Å²) >= 11 is 0. The topological polar surface area (TPSA) is 94.8 Å². The van der Waals surface area contributed by atoms with E-state index in [-0.39, 0.29) is 19.0 Å². The van der Waals surface area contributed by atoms with Crippen LogP contribution in [0.2, 0.25) is 0 Å². The van der Waals surface area contributed by atoms with Gasteiger partial charge in [0.05, 0.1) is 25.1 Å². The molecule has 1 aromatic heterocycles. The minimum absolute atomic E-state index is 0.160. The van der Waals surface area contributed by atoms with E-state index < -0.39 is 29.7 Å². The van der Waals surface area contributed by atoms with Gasteiger partial charge in [0.15, 0.2) is 5.78 Å². The minimum atomic E-state index is -1.07. The number of ketones is 1. The first-order valence-electron chi connectivity index (χ1n) is 11.1. The Morgan fingerprint density at radius 2 is 1.79 bits per heavy atom. The molecule has 0 amide bonds. The molecule has 0 saturated heterocycles. The summed E-state index contributed by atoms with van der Waals surface area (Å²) in [6.07, 6.45) is 1.89. The average Bonchev–Trinajstić information content (AvgIpc) is 3.33. The van der Waals surface area contributed by atoms with Crippen LogP contribution >= 0.6 is 0 Å². The lowest BCUT2D eigenvalue weighted by Gasteiger charge is -2.38. The maximum atomic E-state index is 14.0. The van der Waals surface area contributed by atoms with E-state index in [1.807, 2.05) is 30.3 Å². The fourth-order valence-electron chi connectivity index (χ4n) is 4.77. The van der Waals surface area contributed by atoms with Crippen LogP contribution in [0.15, 0.2) is 75.7 Å². The Hall–Kier alpha value is -3.61. The van der Waals surface area contributed by atoms with Gasteiger partial charge in [-0.1, -0.05) is 30.3 Å². The third-order valence-corrected chi connectivity index (χ3v) is 6.10. The largest absolute Gasteiger partial charge is 0.469 e. The summed E-state index contributed by atoms with van der Waals surface area (Å²) in [7, 11) is 0. The van der Waals surface area contributed by atoms with E-state index in [1.54, 1.807) is 32.9 Å². The molecular weight excluding hydrogens is 422 g/mol. The Morgan fingerprint density at radius 1 is 1.06 bits per heavy atom. The van der Waals surface area contributed by atoms with Crippen molar-refractivity contribution in [1.82, 2.24) is 5.32 Å². The Labute approximate surface area is 192 Å². The molecule has 1 N–H and O–H groups in total. The summed E-state index contributed by atoms with van der Waals surface area (Å²) in [5.74, 6) is -3.13. The van der Waals surface area contributed by atoms with Gasteiger partial charge < -0.3 is 19.2 Å². The lowest BCUT2D eigenvalue weighted by Crippen LogP contribution is -2.43. The molecule has 0 bridgehead atoms. The molecule has 0 fully saturated rings. The van der Waals surface area contributed by atoms with Crippen molar-refractivity contribution in [2.24, 2.45) is 5.92 Å². The van der Waals surface area contributed by atoms with Crippen LogP contribution in [0, 0.1) is 5.92 Å². The smallest absolute Gasteiger partial charge is 0.336 e. The molecule has 1 aromatic carbocycles. The molecule has 0 saturated carbocycles. The normalized spacial score (nSPS) is 22.5. The van der Waals surface area contributed by atoms with Gasteiger partial charge in [0.2, 0.25) is 0 Å². The van der Waals surface area contributed by atoms with Crippen LogP contribution in [0.3, 0.4) is 0 Å². The van der Waals surface area contributed by atoms with Gasteiger partial charge in [-0.15, -0.1) is 0 Å². The first-order valence-corrected chi connectivity index (χ1v) is 11.1. The molecule has 2 heterocycles. The van der Waals surface area contributed by atoms with E-state index in [1.165, 1.54) is 6.26 Å². The number of benzene rings is 1. The van der Waals surface area contributed by atoms with E-state index >= 15 is 0 Å². The van der Waals surface area contributed by atoms with Crippen LogP contribution in [0.25, 0.3) is 0 Å². The highest BCUT2D eigenvalue weighted by Crippen LogP contribution is 2.48. The number of carbonyl (C=O) groups excluding carboxylic acids is 3. The molecule has 0 radical (unpaired) electrons. The van der Waals surface area contributed by atoms with Crippen LogP contribution < -0.4 is 5.32 Å². The molecule has 33 heavy (non-hydrogen) atoms. The Morgan fingerprint density at radius 3 is 2.42 bits per heavy atom. The minimum Gasteiger partial charge on any atom is -0.469 e. The van der Waals surface area contributed by atoms with Crippen molar-refractivity contribution in [2.75, 3.05) is 13.2 Å². The highest BCUT2D eigenvalue weighted by atomic mass is 16.5. The summed E-state index contributed by atoms with van der Waals surface area (Å²) in [5.41, 5.74) is 2.86. The zero-order valence-electron chi connectivity index (χ0n) is 18.9. The second-order valence-corrected chi connectivity index (χ2v) is 8.04. The van der Waals surface area contributed by atoms with E-state index in [0.717, 1.165) is 5.56 Å². The van der Waals surface area contributed by atoms with Gasteiger partial charge >= 0.3 is 11.9 Å². The number of furan rings is 1. The molecule has 7 nitrogen and oxygen atoms in total. The van der Waals surface area contributed by atoms with Gasteiger partial charge in [0, 0.05) is 28.8 Å². The molecule has 0 spiro atoms. The molecular formula is C26H27NO6. The van der Waals surface area contributed by atoms with Crippen molar-refractivity contribution < 1.29 is 28.3 Å². The monoisotopic (exact) mass is 449 g/mol. The van der Waals surface area contributed by atoms with Gasteiger partial charge in [-0.05, 0) is 44.9 Å². The first-order chi connectivity index (χ1) is 16.0. The van der Waals surface area contributed by atoms with Crippen molar-refractivity contribution >= 4 is 17.7 Å². The fourth-order valence-corrected chi connectivity index (χ4v) is 4.77. The van der Waals surface area contributed by atoms with Gasteiger partial charge in [-0.25, -0.2) is 4.79 Å². The van der Waals surface area contributed by atoms with Crippen molar-refractivity contribution in [2.45, 2.75) is 39.0 Å². The number of allylic oxidation sites excluding steroid dienone is 3. The van der Waals surface area contributed by atoms with E-state index in [0.29, 0.717) is 34.7 Å². The second kappa shape index (κ2) is 9.48. The van der Waals surface area contributed by atoms with Gasteiger partial charge in [-0.2, -0.15) is 0 Å². The van der Waals surface area contributed by atoms with Crippen LogP contribution in [0.1, 0.15) is 50.4 Å². The summed E-state index contributed by atoms with van der Waals surface area (Å²) in [6.45, 7) is 5.62. The molecule has 1 aliphatic heterocycles. The molecule has 7 heteroatoms. The number of carbonyl (C=O) groups is 3. The van der Waals surface area contributed by atoms with E-state index in [2.05, 4.69) is 5.32 Å². The quantitative estimate of drug-likeness (QED) is 0.526. The maximum Gasteiger partial charge on any atom is 0.336 e. The van der Waals surface area contributed by atoms with Crippen LogP contribution in [-0.4, -0.2) is 30.9 Å². The van der Waals surface area contributed by atoms with Crippen molar-refractivity contribution in [1.29, 1.82) is 0 Å². The van der Waals surface area contributed by atoms with Gasteiger partial charge in [0.1, 0.15) is 11.7 Å². The molecule has 0 unspecified atom stereocenters. The molecule has 4 rings (SSSR count). The molecule has 1 aliphatic carbocycles. The van der Waals surface area contributed by atoms with Crippen molar-refractivity contribution in [3.63, 3.8) is 0 Å². The Bertz CT molecular complexity index is 1110. The summed E-state index contributed by atoms with van der Waals surface area (Å²) in [4.78, 5) is 39.9. The third-order valence-electron chi connectivity index (χ3n) is 6.10. The second-order valence-electron chi connectivity index (χ2n) is 8.04. The number of Topliss-reactive ketones (excluding diaryl/α,β-unsaturated/α-hetero) is 1. The lowest BCUT2D eigenvalue weighted by molar-refractivity contribution is -0.152. The Kier molecular flexibility index (Phi) is 6.49. The SMILES string of the molecule is CCOC(=O)C1=C(C)NC2=C(C(=O)[C@H](C(=O)OCC)[C@H](c3ccco3)C2)[C@@H]1c1ccccc1. The zero-order chi connectivity index (χ0) is 23.5. The summed E-state index contributed by atoms with van der Waals surface area (Å²) in [6, 6.07) is 12.8. The number of dihydropyridines is 1. The van der Waals surface area contributed by atoms with Gasteiger partial charge in [-0.3, -0.25) is 9.59 Å². The molecule has 172 valence electrons. The van der Waals surface area contributed by atoms with E-state index in [4.69, 9.17) is 13.9 Å². The zero-order valence-corrected chi connectivity index (χ0v) is 18.9. The molecule has 2 aliphatic rings. The van der Waals surface area contributed by atoms with Crippen molar-refractivity contribution in [3.05, 3.63) is 82.6 Å². The summed E-state index contributed by atoms with van der Waals surface area (Å²) < 4.78 is 16.2. The van der Waals surface area contributed by atoms with Crippen molar-refractivity contribution in [3.8, 4) is 0 Å². The molecule has 3 atom stereocenters. The number of nitrogens with one attached hydrogen (secondary N) is 1.